The van der Waals surface area contributed by atoms with Gasteiger partial charge in [0.25, 0.3) is 0 Å². The number of amides is 1. The lowest BCUT2D eigenvalue weighted by Crippen LogP contribution is -2.50. The molecular weight excluding hydrogens is 224 g/mol. The van der Waals surface area contributed by atoms with Crippen molar-refractivity contribution in [1.82, 2.24) is 10.2 Å². The van der Waals surface area contributed by atoms with E-state index in [1.54, 1.807) is 0 Å². The van der Waals surface area contributed by atoms with Crippen LogP contribution in [0, 0.1) is 17.8 Å². The number of nitrogens with one attached hydrogen (secondary N) is 1. The Morgan fingerprint density at radius 1 is 1.33 bits per heavy atom. The fourth-order valence-corrected chi connectivity index (χ4v) is 3.57. The van der Waals surface area contributed by atoms with Crippen LogP contribution < -0.4 is 5.32 Å². The molecule has 0 aromatic heterocycles. The van der Waals surface area contributed by atoms with Gasteiger partial charge in [0.05, 0.1) is 12.7 Å². The van der Waals surface area contributed by atoms with Gasteiger partial charge in [-0.2, -0.15) is 0 Å². The molecule has 0 radical (unpaired) electrons. The molecule has 1 aliphatic carbocycles. The first-order valence-corrected chi connectivity index (χ1v) is 7.55. The summed E-state index contributed by atoms with van der Waals surface area (Å²) in [5.41, 5.74) is 0. The molecule has 0 spiro atoms. The lowest BCUT2D eigenvalue weighted by Gasteiger charge is -2.42. The molecule has 2 rings (SSSR count). The molecule has 3 heteroatoms. The molecule has 4 unspecified atom stereocenters. The molecule has 104 valence electrons. The largest absolute Gasteiger partial charge is 0.323 e. The van der Waals surface area contributed by atoms with Gasteiger partial charge in [0.15, 0.2) is 0 Å². The van der Waals surface area contributed by atoms with Crippen molar-refractivity contribution in [2.24, 2.45) is 17.8 Å². The summed E-state index contributed by atoms with van der Waals surface area (Å²) in [7, 11) is 0. The number of carbonyl (C=O) groups excluding carboxylic acids is 1. The van der Waals surface area contributed by atoms with E-state index in [0.717, 1.165) is 12.3 Å². The zero-order valence-electron chi connectivity index (χ0n) is 12.3. The Hall–Kier alpha value is -0.570. The quantitative estimate of drug-likeness (QED) is 0.837. The Labute approximate surface area is 111 Å². The van der Waals surface area contributed by atoms with Gasteiger partial charge in [0.2, 0.25) is 5.91 Å². The first kappa shape index (κ1) is 13.9. The van der Waals surface area contributed by atoms with Gasteiger partial charge < -0.3 is 4.90 Å². The van der Waals surface area contributed by atoms with Gasteiger partial charge >= 0.3 is 0 Å². The van der Waals surface area contributed by atoms with E-state index in [0.29, 0.717) is 30.3 Å². The predicted molar refractivity (Wildman–Crippen MR) is 74.1 cm³/mol. The minimum Gasteiger partial charge on any atom is -0.323 e. The Morgan fingerprint density at radius 3 is 2.72 bits per heavy atom. The second-order valence-corrected chi connectivity index (χ2v) is 6.66. The molecule has 18 heavy (non-hydrogen) atoms. The minimum atomic E-state index is 0.273. The third-order valence-corrected chi connectivity index (χ3v) is 4.83. The average Bonchev–Trinajstić information content (AvgIpc) is 2.63. The summed E-state index contributed by atoms with van der Waals surface area (Å²) in [5, 5.41) is 3.40. The molecule has 0 aromatic rings. The van der Waals surface area contributed by atoms with Crippen LogP contribution in [0.3, 0.4) is 0 Å². The number of rotatable bonds is 3. The van der Waals surface area contributed by atoms with E-state index in [1.807, 2.05) is 0 Å². The molecule has 1 saturated heterocycles. The van der Waals surface area contributed by atoms with E-state index < -0.39 is 0 Å². The van der Waals surface area contributed by atoms with Crippen molar-refractivity contribution in [2.45, 2.75) is 65.6 Å². The number of hydrogen-bond donors (Lipinski definition) is 1. The van der Waals surface area contributed by atoms with Crippen molar-refractivity contribution in [3.05, 3.63) is 0 Å². The topological polar surface area (TPSA) is 32.3 Å². The van der Waals surface area contributed by atoms with Crippen LogP contribution >= 0.6 is 0 Å². The fourth-order valence-electron chi connectivity index (χ4n) is 3.57. The van der Waals surface area contributed by atoms with Gasteiger partial charge in [-0.1, -0.05) is 40.5 Å². The first-order chi connectivity index (χ1) is 8.50. The van der Waals surface area contributed by atoms with Crippen LogP contribution in [0.1, 0.15) is 53.4 Å². The SMILES string of the molecule is CC(C)CC1NCC(=O)N1C1CCCC(C)C1C. The van der Waals surface area contributed by atoms with E-state index in [4.69, 9.17) is 0 Å². The summed E-state index contributed by atoms with van der Waals surface area (Å²) in [6.07, 6.45) is 5.13. The van der Waals surface area contributed by atoms with Gasteiger partial charge in [-0.3, -0.25) is 10.1 Å². The molecule has 0 aromatic carbocycles. The normalized spacial score (nSPS) is 37.6. The Morgan fingerprint density at radius 2 is 2.06 bits per heavy atom. The minimum absolute atomic E-state index is 0.273. The third kappa shape index (κ3) is 2.71. The number of hydrogen-bond acceptors (Lipinski definition) is 2. The maximum Gasteiger partial charge on any atom is 0.238 e. The molecular formula is C15H28N2O. The zero-order valence-corrected chi connectivity index (χ0v) is 12.3. The average molecular weight is 252 g/mol. The van der Waals surface area contributed by atoms with Gasteiger partial charge in [0.1, 0.15) is 0 Å². The highest BCUT2D eigenvalue weighted by atomic mass is 16.2. The van der Waals surface area contributed by atoms with Crippen molar-refractivity contribution < 1.29 is 4.79 Å². The maximum atomic E-state index is 12.2. The molecule has 0 bridgehead atoms. The van der Waals surface area contributed by atoms with Gasteiger partial charge in [-0.25, -0.2) is 0 Å². The smallest absolute Gasteiger partial charge is 0.238 e. The highest BCUT2D eigenvalue weighted by Crippen LogP contribution is 2.35. The zero-order chi connectivity index (χ0) is 13.3. The summed E-state index contributed by atoms with van der Waals surface area (Å²) < 4.78 is 0. The molecule has 3 nitrogen and oxygen atoms in total. The maximum absolute atomic E-state index is 12.2. The van der Waals surface area contributed by atoms with Crippen LogP contribution in [0.15, 0.2) is 0 Å². The summed E-state index contributed by atoms with van der Waals surface area (Å²) >= 11 is 0. The van der Waals surface area contributed by atoms with Crippen molar-refractivity contribution in [3.8, 4) is 0 Å². The van der Waals surface area contributed by atoms with Crippen LogP contribution in [-0.2, 0) is 4.79 Å². The Balaban J connectivity index is 2.10. The van der Waals surface area contributed by atoms with Crippen molar-refractivity contribution in [1.29, 1.82) is 0 Å². The molecule has 1 aliphatic heterocycles. The second-order valence-electron chi connectivity index (χ2n) is 6.66. The van der Waals surface area contributed by atoms with Gasteiger partial charge in [0, 0.05) is 6.04 Å². The Kier molecular flexibility index (Phi) is 4.31. The summed E-state index contributed by atoms with van der Waals surface area (Å²) in [6, 6.07) is 0.458. The van der Waals surface area contributed by atoms with Crippen molar-refractivity contribution in [3.63, 3.8) is 0 Å². The first-order valence-electron chi connectivity index (χ1n) is 7.55. The standard InChI is InChI=1S/C15H28N2O/c1-10(2)8-14-16-9-15(18)17(14)13-7-5-6-11(3)12(13)4/h10-14,16H,5-9H2,1-4H3. The molecule has 1 heterocycles. The molecule has 2 aliphatic rings. The lowest BCUT2D eigenvalue weighted by molar-refractivity contribution is -0.133. The molecule has 2 fully saturated rings. The molecule has 4 atom stereocenters. The van der Waals surface area contributed by atoms with E-state index >= 15 is 0 Å². The van der Waals surface area contributed by atoms with Crippen LogP contribution in [0.25, 0.3) is 0 Å². The van der Waals surface area contributed by atoms with Crippen LogP contribution in [0.4, 0.5) is 0 Å². The van der Waals surface area contributed by atoms with Crippen LogP contribution in [0.2, 0.25) is 0 Å². The summed E-state index contributed by atoms with van der Waals surface area (Å²) in [5.74, 6) is 2.33. The molecule has 1 amide bonds. The highest BCUT2D eigenvalue weighted by Gasteiger charge is 2.40. The molecule has 1 N–H and O–H groups in total. The molecule has 1 saturated carbocycles. The second kappa shape index (κ2) is 5.60. The van der Waals surface area contributed by atoms with Crippen LogP contribution in [-0.4, -0.2) is 29.6 Å². The predicted octanol–water partition coefficient (Wildman–Crippen LogP) is 2.62. The third-order valence-electron chi connectivity index (χ3n) is 4.83. The number of nitrogens with zero attached hydrogens (tertiary/aromatic N) is 1. The van der Waals surface area contributed by atoms with Crippen LogP contribution in [0.5, 0.6) is 0 Å². The van der Waals surface area contributed by atoms with Gasteiger partial charge in [-0.05, 0) is 30.6 Å². The lowest BCUT2D eigenvalue weighted by atomic mass is 9.77. The Bertz CT molecular complexity index is 303. The van der Waals surface area contributed by atoms with Gasteiger partial charge in [-0.15, -0.1) is 0 Å². The summed E-state index contributed by atoms with van der Waals surface area (Å²) in [4.78, 5) is 14.4. The number of carbonyl (C=O) groups is 1. The van der Waals surface area contributed by atoms with E-state index in [9.17, 15) is 4.79 Å². The monoisotopic (exact) mass is 252 g/mol. The fraction of sp³-hybridized carbons (Fsp3) is 0.933. The highest BCUT2D eigenvalue weighted by molar-refractivity contribution is 5.81. The van der Waals surface area contributed by atoms with E-state index in [1.165, 1.54) is 19.3 Å². The van der Waals surface area contributed by atoms with Crippen molar-refractivity contribution >= 4 is 5.91 Å². The van der Waals surface area contributed by atoms with E-state index in [2.05, 4.69) is 37.9 Å². The van der Waals surface area contributed by atoms with Crippen molar-refractivity contribution in [2.75, 3.05) is 6.54 Å². The van der Waals surface area contributed by atoms with E-state index in [-0.39, 0.29) is 6.17 Å². The summed E-state index contributed by atoms with van der Waals surface area (Å²) in [6.45, 7) is 9.66.